The lowest BCUT2D eigenvalue weighted by Gasteiger charge is -2.43. The highest BCUT2D eigenvalue weighted by atomic mass is 79.9. The number of hydrogen-bond donors (Lipinski definition) is 1. The molecule has 2 nitrogen and oxygen atoms in total. The minimum atomic E-state index is -0.249. The first-order chi connectivity index (χ1) is 9.01. The zero-order chi connectivity index (χ0) is 14.0. The Morgan fingerprint density at radius 2 is 2.21 bits per heavy atom. The van der Waals surface area contributed by atoms with E-state index < -0.39 is 0 Å². The maximum Gasteiger partial charge on any atom is 0.129 e. The third-order valence-electron chi connectivity index (χ3n) is 4.04. The molecule has 1 atom stereocenters. The van der Waals surface area contributed by atoms with Crippen LogP contribution in [-0.4, -0.2) is 19.8 Å². The molecule has 0 radical (unpaired) electrons. The molecule has 0 spiro atoms. The summed E-state index contributed by atoms with van der Waals surface area (Å²) < 4.78 is 20.3. The van der Waals surface area contributed by atoms with E-state index in [1.54, 1.807) is 13.2 Å². The van der Waals surface area contributed by atoms with Gasteiger partial charge in [-0.3, -0.25) is 0 Å². The normalized spacial score (nSPS) is 19.0. The average Bonchev–Trinajstić information content (AvgIpc) is 2.34. The van der Waals surface area contributed by atoms with Crippen LogP contribution in [0.2, 0.25) is 5.02 Å². The van der Waals surface area contributed by atoms with E-state index in [2.05, 4.69) is 21.2 Å². The Bertz CT molecular complexity index is 459. The molecular formula is C14H18BrClFNO. The van der Waals surface area contributed by atoms with E-state index in [4.69, 9.17) is 16.3 Å². The predicted octanol–water partition coefficient (Wildman–Crippen LogP) is 4.46. The van der Waals surface area contributed by atoms with Gasteiger partial charge in [-0.1, -0.05) is 11.6 Å². The van der Waals surface area contributed by atoms with Crippen molar-refractivity contribution in [2.45, 2.75) is 37.3 Å². The van der Waals surface area contributed by atoms with Gasteiger partial charge in [0, 0.05) is 23.2 Å². The van der Waals surface area contributed by atoms with Crippen LogP contribution in [0.15, 0.2) is 16.6 Å². The predicted molar refractivity (Wildman–Crippen MR) is 79.1 cm³/mol. The summed E-state index contributed by atoms with van der Waals surface area (Å²) in [5.74, 6) is -0.249. The molecule has 0 aromatic heterocycles. The van der Waals surface area contributed by atoms with Crippen molar-refractivity contribution < 1.29 is 9.13 Å². The smallest absolute Gasteiger partial charge is 0.129 e. The molecule has 5 heteroatoms. The van der Waals surface area contributed by atoms with Crippen molar-refractivity contribution >= 4 is 27.5 Å². The number of hydrogen-bond acceptors (Lipinski definition) is 2. The summed E-state index contributed by atoms with van der Waals surface area (Å²) >= 11 is 9.30. The Morgan fingerprint density at radius 1 is 1.53 bits per heavy atom. The topological polar surface area (TPSA) is 21.3 Å². The van der Waals surface area contributed by atoms with Gasteiger partial charge in [0.05, 0.1) is 10.6 Å². The summed E-state index contributed by atoms with van der Waals surface area (Å²) in [6.45, 7) is 0. The molecule has 1 unspecified atom stereocenters. The molecule has 1 aliphatic carbocycles. The third kappa shape index (κ3) is 3.13. The number of rotatable bonds is 5. The fourth-order valence-electron chi connectivity index (χ4n) is 2.61. The zero-order valence-corrected chi connectivity index (χ0v) is 13.4. The van der Waals surface area contributed by atoms with Gasteiger partial charge >= 0.3 is 0 Å². The van der Waals surface area contributed by atoms with Gasteiger partial charge < -0.3 is 10.1 Å². The van der Waals surface area contributed by atoms with Gasteiger partial charge in [-0.2, -0.15) is 0 Å². The summed E-state index contributed by atoms with van der Waals surface area (Å²) in [6.07, 6.45) is 4.00. The first-order valence-corrected chi connectivity index (χ1v) is 7.55. The van der Waals surface area contributed by atoms with E-state index in [1.165, 1.54) is 12.5 Å². The highest BCUT2D eigenvalue weighted by Gasteiger charge is 2.39. The molecule has 0 bridgehead atoms. The summed E-state index contributed by atoms with van der Waals surface area (Å²) in [4.78, 5) is 0. The Morgan fingerprint density at radius 3 is 2.68 bits per heavy atom. The van der Waals surface area contributed by atoms with E-state index in [0.717, 1.165) is 19.3 Å². The lowest BCUT2D eigenvalue weighted by Crippen LogP contribution is -2.42. The Labute approximate surface area is 126 Å². The highest BCUT2D eigenvalue weighted by molar-refractivity contribution is 9.10. The molecule has 1 aromatic carbocycles. The maximum atomic E-state index is 14.1. The minimum absolute atomic E-state index is 0.0918. The lowest BCUT2D eigenvalue weighted by atomic mass is 9.74. The van der Waals surface area contributed by atoms with Gasteiger partial charge in [0.1, 0.15) is 5.82 Å². The third-order valence-corrected chi connectivity index (χ3v) is 5.23. The van der Waals surface area contributed by atoms with Gasteiger partial charge in [-0.05, 0) is 60.8 Å². The van der Waals surface area contributed by atoms with Crippen molar-refractivity contribution in [3.8, 4) is 0 Å². The molecule has 2 rings (SSSR count). The van der Waals surface area contributed by atoms with Crippen LogP contribution in [-0.2, 0) is 4.74 Å². The van der Waals surface area contributed by atoms with Gasteiger partial charge in [0.25, 0.3) is 0 Å². The van der Waals surface area contributed by atoms with E-state index in [1.807, 2.05) is 7.05 Å². The van der Waals surface area contributed by atoms with Crippen molar-refractivity contribution in [1.29, 1.82) is 0 Å². The molecule has 1 N–H and O–H groups in total. The van der Waals surface area contributed by atoms with Crippen LogP contribution in [0.3, 0.4) is 0 Å². The van der Waals surface area contributed by atoms with Crippen LogP contribution in [0, 0.1) is 5.82 Å². The quantitative estimate of drug-likeness (QED) is 0.792. The Hall–Kier alpha value is -0.160. The van der Waals surface area contributed by atoms with Crippen molar-refractivity contribution in [1.82, 2.24) is 5.32 Å². The van der Waals surface area contributed by atoms with E-state index in [9.17, 15) is 4.39 Å². The van der Waals surface area contributed by atoms with Crippen molar-refractivity contribution in [3.05, 3.63) is 33.0 Å². The molecule has 0 saturated heterocycles. The average molecular weight is 351 g/mol. The number of benzene rings is 1. The molecule has 1 aromatic rings. The summed E-state index contributed by atoms with van der Waals surface area (Å²) in [6, 6.07) is 3.01. The summed E-state index contributed by atoms with van der Waals surface area (Å²) in [7, 11) is 3.57. The van der Waals surface area contributed by atoms with Crippen LogP contribution < -0.4 is 5.32 Å². The molecule has 106 valence electrons. The lowest BCUT2D eigenvalue weighted by molar-refractivity contribution is -0.0836. The molecule has 19 heavy (non-hydrogen) atoms. The summed E-state index contributed by atoms with van der Waals surface area (Å²) in [5, 5.41) is 3.69. The van der Waals surface area contributed by atoms with Gasteiger partial charge in [-0.25, -0.2) is 4.39 Å². The van der Waals surface area contributed by atoms with E-state index >= 15 is 0 Å². The van der Waals surface area contributed by atoms with Crippen LogP contribution in [0.25, 0.3) is 0 Å². The Kier molecular flexibility index (Phi) is 4.88. The van der Waals surface area contributed by atoms with Gasteiger partial charge in [0.2, 0.25) is 0 Å². The standard InChI is InChI=1S/C14H18BrClFNO/c1-18-13(8-14(19-2)4-3-5-14)9-6-11(16)10(15)7-12(9)17/h6-7,13,18H,3-5,8H2,1-2H3. The molecule has 1 saturated carbocycles. The second kappa shape index (κ2) is 6.08. The summed E-state index contributed by atoms with van der Waals surface area (Å²) in [5.41, 5.74) is 0.485. The van der Waals surface area contributed by atoms with Gasteiger partial charge in [-0.15, -0.1) is 0 Å². The van der Waals surface area contributed by atoms with Crippen LogP contribution in [0.1, 0.15) is 37.3 Å². The first-order valence-electron chi connectivity index (χ1n) is 6.38. The molecule has 0 aliphatic heterocycles. The van der Waals surface area contributed by atoms with Crippen molar-refractivity contribution in [2.75, 3.05) is 14.2 Å². The monoisotopic (exact) mass is 349 g/mol. The first kappa shape index (κ1) is 15.2. The maximum absolute atomic E-state index is 14.1. The fraction of sp³-hybridized carbons (Fsp3) is 0.571. The van der Waals surface area contributed by atoms with E-state index in [0.29, 0.717) is 15.1 Å². The number of nitrogens with one attached hydrogen (secondary N) is 1. The number of ether oxygens (including phenoxy) is 1. The molecule has 0 heterocycles. The number of methoxy groups -OCH3 is 1. The molecule has 1 fully saturated rings. The zero-order valence-electron chi connectivity index (χ0n) is 11.1. The SMILES string of the molecule is CNC(CC1(OC)CCC1)c1cc(Cl)c(Br)cc1F. The molecule has 1 aliphatic rings. The van der Waals surface area contributed by atoms with Gasteiger partial charge in [0.15, 0.2) is 0 Å². The largest absolute Gasteiger partial charge is 0.378 e. The highest BCUT2D eigenvalue weighted by Crippen LogP contribution is 2.42. The van der Waals surface area contributed by atoms with Crippen LogP contribution in [0.5, 0.6) is 0 Å². The fourth-order valence-corrected chi connectivity index (χ4v) is 3.09. The second-order valence-electron chi connectivity index (χ2n) is 5.07. The molecule has 0 amide bonds. The van der Waals surface area contributed by atoms with Crippen LogP contribution in [0.4, 0.5) is 4.39 Å². The Balaban J connectivity index is 2.24. The van der Waals surface area contributed by atoms with Crippen LogP contribution >= 0.6 is 27.5 Å². The second-order valence-corrected chi connectivity index (χ2v) is 6.34. The molecular weight excluding hydrogens is 333 g/mol. The van der Waals surface area contributed by atoms with Crippen molar-refractivity contribution in [2.24, 2.45) is 0 Å². The van der Waals surface area contributed by atoms with Crippen molar-refractivity contribution in [3.63, 3.8) is 0 Å². The minimum Gasteiger partial charge on any atom is -0.378 e. The number of halogens is 3. The van der Waals surface area contributed by atoms with E-state index in [-0.39, 0.29) is 17.5 Å².